The molecule has 1 aliphatic heterocycles. The van der Waals surface area contributed by atoms with Crippen molar-refractivity contribution < 1.29 is 53.2 Å². The van der Waals surface area contributed by atoms with Crippen LogP contribution in [0.1, 0.15) is 59.3 Å². The molecule has 49 heavy (non-hydrogen) atoms. The molecule has 0 aromatic rings. The van der Waals surface area contributed by atoms with Gasteiger partial charge >= 0.3 is 5.97 Å². The van der Waals surface area contributed by atoms with Crippen LogP contribution < -0.4 is 5.32 Å². The number of hydrogen-bond donors (Lipinski definition) is 3. The summed E-state index contributed by atoms with van der Waals surface area (Å²) in [5.74, 6) is -3.06. The first-order valence-electron chi connectivity index (χ1n) is 17.2. The SMILES string of the molecule is C[C@@H]1CC2C3CCC4=CC(=O)C=CC4(C)C3C(O)CC2(C)C1(O)C(=O)COC(=O)CCC(=O)NCCOCCOCCN1C(=O)C=CC1=O. The number of carbonyl (C=O) groups is 6. The lowest BCUT2D eigenvalue weighted by atomic mass is 9.46. The molecule has 0 saturated heterocycles. The van der Waals surface area contributed by atoms with Gasteiger partial charge < -0.3 is 29.7 Å². The Balaban J connectivity index is 1.01. The van der Waals surface area contributed by atoms with Crippen LogP contribution in [0.4, 0.5) is 0 Å². The summed E-state index contributed by atoms with van der Waals surface area (Å²) >= 11 is 0. The summed E-state index contributed by atoms with van der Waals surface area (Å²) < 4.78 is 16.0. The molecule has 7 unspecified atom stereocenters. The van der Waals surface area contributed by atoms with E-state index in [-0.39, 0.29) is 94.1 Å². The Hall–Kier alpha value is -3.52. The maximum atomic E-state index is 13.6. The van der Waals surface area contributed by atoms with E-state index in [1.807, 2.05) is 19.9 Å². The molecule has 3 fully saturated rings. The molecule has 268 valence electrons. The summed E-state index contributed by atoms with van der Waals surface area (Å²) in [5.41, 5.74) is -2.16. The van der Waals surface area contributed by atoms with Gasteiger partial charge in [0.25, 0.3) is 11.8 Å². The van der Waals surface area contributed by atoms with Gasteiger partial charge in [-0.05, 0) is 55.6 Å². The van der Waals surface area contributed by atoms with E-state index in [2.05, 4.69) is 12.2 Å². The van der Waals surface area contributed by atoms with Gasteiger partial charge in [0.1, 0.15) is 5.60 Å². The van der Waals surface area contributed by atoms with Gasteiger partial charge in [-0.25, -0.2) is 0 Å². The zero-order valence-corrected chi connectivity index (χ0v) is 28.5. The number of rotatable bonds is 15. The molecule has 0 aromatic heterocycles. The number of ether oxygens (including phenoxy) is 3. The number of amides is 3. The molecule has 13 nitrogen and oxygen atoms in total. The van der Waals surface area contributed by atoms with Crippen molar-refractivity contribution in [2.45, 2.75) is 71.0 Å². The minimum Gasteiger partial charge on any atom is -0.458 e. The predicted molar refractivity (Wildman–Crippen MR) is 173 cm³/mol. The number of hydrogen-bond acceptors (Lipinski definition) is 11. The fraction of sp³-hybridized carbons (Fsp3) is 0.667. The summed E-state index contributed by atoms with van der Waals surface area (Å²) in [5, 5.41) is 26.3. The monoisotopic (exact) mass is 684 g/mol. The van der Waals surface area contributed by atoms with Crippen LogP contribution in [0.2, 0.25) is 0 Å². The first-order valence-corrected chi connectivity index (χ1v) is 17.2. The smallest absolute Gasteiger partial charge is 0.306 e. The number of fused-ring (bicyclic) bond motifs is 5. The second-order valence-corrected chi connectivity index (χ2v) is 14.4. The first-order chi connectivity index (χ1) is 23.2. The van der Waals surface area contributed by atoms with E-state index in [1.54, 1.807) is 12.2 Å². The van der Waals surface area contributed by atoms with Gasteiger partial charge in [0, 0.05) is 41.9 Å². The van der Waals surface area contributed by atoms with Crippen molar-refractivity contribution in [3.8, 4) is 0 Å². The standard InChI is InChI=1S/C36H48N2O11/c1-22-18-26-25-5-4-23-19-24(39)10-11-34(23,2)33(25)27(40)20-35(26,3)36(22,46)28(41)21-49-32(45)9-6-29(42)37-12-14-47-16-17-48-15-13-38-30(43)7-8-31(38)44/h7-8,10-11,19,22,25-27,33,40,46H,4-6,9,12-18,20-21H2,1-3H3,(H,37,42)/t22-,25?,26?,27?,33?,34?,35?,36?/m1/s1. The van der Waals surface area contributed by atoms with Crippen molar-refractivity contribution in [3.05, 3.63) is 36.0 Å². The molecular formula is C36H48N2O11. The van der Waals surface area contributed by atoms with Crippen LogP contribution in [0.3, 0.4) is 0 Å². The number of allylic oxidation sites excluding steroid dienone is 4. The molecule has 0 spiro atoms. The Morgan fingerprint density at radius 3 is 2.41 bits per heavy atom. The van der Waals surface area contributed by atoms with E-state index < -0.39 is 52.7 Å². The minimum absolute atomic E-state index is 0.0402. The van der Waals surface area contributed by atoms with E-state index in [4.69, 9.17) is 14.2 Å². The lowest BCUT2D eigenvalue weighted by Crippen LogP contribution is -2.62. The molecule has 5 rings (SSSR count). The molecule has 13 heteroatoms. The number of ketones is 2. The lowest BCUT2D eigenvalue weighted by Gasteiger charge is -2.59. The van der Waals surface area contributed by atoms with Crippen molar-refractivity contribution in [2.24, 2.45) is 34.5 Å². The van der Waals surface area contributed by atoms with Gasteiger partial charge in [0.15, 0.2) is 12.4 Å². The van der Waals surface area contributed by atoms with E-state index in [9.17, 15) is 39.0 Å². The fourth-order valence-corrected chi connectivity index (χ4v) is 9.28. The second-order valence-electron chi connectivity index (χ2n) is 14.4. The highest BCUT2D eigenvalue weighted by Gasteiger charge is 2.70. The Labute approximate surface area is 286 Å². The van der Waals surface area contributed by atoms with Gasteiger partial charge in [-0.15, -0.1) is 0 Å². The third-order valence-corrected chi connectivity index (χ3v) is 11.7. The van der Waals surface area contributed by atoms with Crippen molar-refractivity contribution in [1.82, 2.24) is 10.2 Å². The Morgan fingerprint density at radius 2 is 1.69 bits per heavy atom. The van der Waals surface area contributed by atoms with E-state index in [0.29, 0.717) is 12.8 Å². The number of Topliss-reactive ketones (excluding diaryl/α,β-unsaturated/α-hetero) is 1. The van der Waals surface area contributed by atoms with Crippen LogP contribution in [0.5, 0.6) is 0 Å². The largest absolute Gasteiger partial charge is 0.458 e. The van der Waals surface area contributed by atoms with Crippen LogP contribution >= 0.6 is 0 Å². The second kappa shape index (κ2) is 14.8. The lowest BCUT2D eigenvalue weighted by molar-refractivity contribution is -0.186. The van der Waals surface area contributed by atoms with Crippen LogP contribution in [0.25, 0.3) is 0 Å². The highest BCUT2D eigenvalue weighted by Crippen LogP contribution is 2.68. The number of aliphatic hydroxyl groups is 2. The maximum Gasteiger partial charge on any atom is 0.306 e. The maximum absolute atomic E-state index is 13.6. The number of esters is 1. The number of aliphatic hydroxyl groups excluding tert-OH is 1. The van der Waals surface area contributed by atoms with Crippen molar-refractivity contribution in [3.63, 3.8) is 0 Å². The average molecular weight is 685 g/mol. The van der Waals surface area contributed by atoms with Crippen molar-refractivity contribution >= 4 is 35.3 Å². The van der Waals surface area contributed by atoms with Crippen LogP contribution in [-0.2, 0) is 43.0 Å². The highest BCUT2D eigenvalue weighted by molar-refractivity contribution is 6.12. The molecule has 0 bridgehead atoms. The third-order valence-electron chi connectivity index (χ3n) is 11.7. The van der Waals surface area contributed by atoms with Crippen molar-refractivity contribution in [2.75, 3.05) is 46.1 Å². The molecule has 4 aliphatic carbocycles. The summed E-state index contributed by atoms with van der Waals surface area (Å²) in [7, 11) is 0. The number of nitrogens with one attached hydrogen (secondary N) is 1. The summed E-state index contributed by atoms with van der Waals surface area (Å²) in [6, 6.07) is 0. The zero-order chi connectivity index (χ0) is 35.6. The molecular weight excluding hydrogens is 636 g/mol. The number of nitrogens with zero attached hydrogens (tertiary/aromatic N) is 1. The van der Waals surface area contributed by atoms with Gasteiger partial charge in [-0.1, -0.05) is 32.4 Å². The first kappa shape index (κ1) is 36.8. The Kier molecular flexibility index (Phi) is 11.1. The topological polar surface area (TPSA) is 186 Å². The summed E-state index contributed by atoms with van der Waals surface area (Å²) in [6.07, 6.45) is 8.68. The molecule has 0 aromatic carbocycles. The number of carbonyl (C=O) groups excluding carboxylic acids is 6. The molecule has 3 N–H and O–H groups in total. The predicted octanol–water partition coefficient (Wildman–Crippen LogP) is 1.21. The highest BCUT2D eigenvalue weighted by atomic mass is 16.5. The molecule has 3 saturated carbocycles. The Morgan fingerprint density at radius 1 is 1.00 bits per heavy atom. The van der Waals surface area contributed by atoms with E-state index in [0.717, 1.165) is 16.9 Å². The quantitative estimate of drug-likeness (QED) is 0.128. The fourth-order valence-electron chi connectivity index (χ4n) is 9.28. The molecule has 3 amide bonds. The van der Waals surface area contributed by atoms with Crippen LogP contribution in [0.15, 0.2) is 36.0 Å². The van der Waals surface area contributed by atoms with Crippen molar-refractivity contribution in [1.29, 1.82) is 0 Å². The van der Waals surface area contributed by atoms with E-state index >= 15 is 0 Å². The molecule has 5 aliphatic rings. The van der Waals surface area contributed by atoms with Gasteiger partial charge in [-0.2, -0.15) is 0 Å². The summed E-state index contributed by atoms with van der Waals surface area (Å²) in [6.45, 7) is 6.40. The normalized spacial score (nSPS) is 34.7. The van der Waals surface area contributed by atoms with Gasteiger partial charge in [0.2, 0.25) is 11.7 Å². The van der Waals surface area contributed by atoms with Gasteiger partial charge in [-0.3, -0.25) is 33.7 Å². The average Bonchev–Trinajstić information content (AvgIpc) is 3.48. The summed E-state index contributed by atoms with van der Waals surface area (Å²) in [4.78, 5) is 74.4. The molecule has 1 heterocycles. The van der Waals surface area contributed by atoms with Crippen LogP contribution in [0, 0.1) is 34.5 Å². The number of imide groups is 1. The van der Waals surface area contributed by atoms with E-state index in [1.165, 1.54) is 12.2 Å². The molecule has 0 radical (unpaired) electrons. The minimum atomic E-state index is -1.80. The molecule has 8 atom stereocenters. The third kappa shape index (κ3) is 7.08. The van der Waals surface area contributed by atoms with Crippen LogP contribution in [-0.4, -0.2) is 108 Å². The zero-order valence-electron chi connectivity index (χ0n) is 28.5. The Bertz CT molecular complexity index is 1440. The van der Waals surface area contributed by atoms with Gasteiger partial charge in [0.05, 0.1) is 45.5 Å².